The number of aromatic nitrogens is 2. The molecule has 0 saturated carbocycles. The van der Waals surface area contributed by atoms with Crippen LogP contribution in [0.3, 0.4) is 0 Å². The maximum atomic E-state index is 13.0. The molecule has 1 amide bonds. The van der Waals surface area contributed by atoms with Crippen molar-refractivity contribution in [3.63, 3.8) is 0 Å². The van der Waals surface area contributed by atoms with Gasteiger partial charge in [0.15, 0.2) is 5.75 Å². The van der Waals surface area contributed by atoms with Gasteiger partial charge in [0.1, 0.15) is 17.1 Å². The molecule has 1 aromatic carbocycles. The molecule has 146 valence electrons. The number of carbonyl (C=O) groups is 2. The molecule has 3 aromatic rings. The van der Waals surface area contributed by atoms with Crippen molar-refractivity contribution in [2.45, 2.75) is 19.5 Å². The van der Waals surface area contributed by atoms with E-state index in [1.54, 1.807) is 24.3 Å². The number of carbonyl (C=O) groups excluding carboxylic acids is 1. The molecule has 0 fully saturated rings. The van der Waals surface area contributed by atoms with Gasteiger partial charge in [-0.3, -0.25) is 18.9 Å². The summed E-state index contributed by atoms with van der Waals surface area (Å²) in [5, 5.41) is 22.4. The fourth-order valence-corrected chi connectivity index (χ4v) is 3.02. The lowest BCUT2D eigenvalue weighted by molar-refractivity contribution is -0.138. The van der Waals surface area contributed by atoms with Crippen LogP contribution < -0.4 is 10.9 Å². The number of amides is 1. The van der Waals surface area contributed by atoms with Crippen molar-refractivity contribution in [2.24, 2.45) is 0 Å². The Kier molecular flexibility index (Phi) is 5.35. The highest BCUT2D eigenvalue weighted by Gasteiger charge is 2.25. The van der Waals surface area contributed by atoms with Crippen molar-refractivity contribution in [2.75, 3.05) is 0 Å². The van der Waals surface area contributed by atoms with Gasteiger partial charge in [0.25, 0.3) is 11.5 Å². The minimum atomic E-state index is -1.28. The number of halogens is 2. The van der Waals surface area contributed by atoms with Gasteiger partial charge < -0.3 is 15.5 Å². The monoisotopic (exact) mass is 423 g/mol. The molecular weight excluding hydrogens is 409 g/mol. The highest BCUT2D eigenvalue weighted by Crippen LogP contribution is 2.26. The number of aliphatic carboxylic acids is 1. The van der Waals surface area contributed by atoms with Crippen molar-refractivity contribution in [1.29, 1.82) is 0 Å². The predicted molar refractivity (Wildman–Crippen MR) is 103 cm³/mol. The van der Waals surface area contributed by atoms with Crippen LogP contribution in [0.2, 0.25) is 10.0 Å². The van der Waals surface area contributed by atoms with E-state index >= 15 is 0 Å². The SMILES string of the molecule is CC(NC(=O)c1c(O)c2cc(Cl)cn2n(Cc2ccc(Cl)cc2)c1=O)C(=O)O. The number of carboxylic acids is 1. The van der Waals surface area contributed by atoms with E-state index in [0.717, 1.165) is 0 Å². The fraction of sp³-hybridized carbons (Fsp3) is 0.167. The molecule has 1 unspecified atom stereocenters. The number of nitrogens with one attached hydrogen (secondary N) is 1. The largest absolute Gasteiger partial charge is 0.505 e. The Bertz CT molecular complexity index is 1130. The summed E-state index contributed by atoms with van der Waals surface area (Å²) in [5.41, 5.74) is -0.521. The zero-order valence-electron chi connectivity index (χ0n) is 14.5. The van der Waals surface area contributed by atoms with E-state index in [1.165, 1.54) is 28.4 Å². The standard InChI is InChI=1S/C18H15Cl2N3O5/c1-9(18(27)28)21-16(25)14-15(24)13-6-12(20)8-22(13)23(17(14)26)7-10-2-4-11(19)5-3-10/h2-6,8-9,24H,7H2,1H3,(H,21,25)(H,27,28). The molecule has 1 atom stereocenters. The Balaban J connectivity index is 2.17. The Hall–Kier alpha value is -2.97. The van der Waals surface area contributed by atoms with Crippen molar-refractivity contribution < 1.29 is 19.8 Å². The van der Waals surface area contributed by atoms with Crippen LogP contribution in [0.1, 0.15) is 22.8 Å². The van der Waals surface area contributed by atoms with E-state index in [9.17, 15) is 19.5 Å². The van der Waals surface area contributed by atoms with Crippen LogP contribution in [0.15, 0.2) is 41.3 Å². The second-order valence-electron chi connectivity index (χ2n) is 6.13. The molecule has 28 heavy (non-hydrogen) atoms. The molecule has 0 bridgehead atoms. The molecular formula is C18H15Cl2N3O5. The van der Waals surface area contributed by atoms with Crippen LogP contribution in [-0.4, -0.2) is 37.3 Å². The van der Waals surface area contributed by atoms with Crippen LogP contribution in [-0.2, 0) is 11.3 Å². The Labute approximate surface area is 168 Å². The average molecular weight is 424 g/mol. The first-order valence-electron chi connectivity index (χ1n) is 8.10. The second kappa shape index (κ2) is 7.57. The first-order valence-corrected chi connectivity index (χ1v) is 8.86. The third-order valence-corrected chi connectivity index (χ3v) is 4.60. The lowest BCUT2D eigenvalue weighted by atomic mass is 10.2. The number of nitrogens with zero attached hydrogens (tertiary/aromatic N) is 2. The van der Waals surface area contributed by atoms with E-state index < -0.39 is 34.8 Å². The normalized spacial score (nSPS) is 12.1. The van der Waals surface area contributed by atoms with Crippen LogP contribution in [0.4, 0.5) is 0 Å². The van der Waals surface area contributed by atoms with Crippen LogP contribution in [0.5, 0.6) is 5.75 Å². The number of fused-ring (bicyclic) bond motifs is 1. The minimum Gasteiger partial charge on any atom is -0.505 e. The molecule has 0 aliphatic rings. The molecule has 3 N–H and O–H groups in total. The molecule has 0 saturated heterocycles. The average Bonchev–Trinajstić information content (AvgIpc) is 3.02. The number of hydrogen-bond donors (Lipinski definition) is 3. The van der Waals surface area contributed by atoms with Gasteiger partial charge in [-0.1, -0.05) is 35.3 Å². The van der Waals surface area contributed by atoms with Gasteiger partial charge in [-0.25, -0.2) is 4.68 Å². The lowest BCUT2D eigenvalue weighted by Gasteiger charge is -2.15. The van der Waals surface area contributed by atoms with Crippen LogP contribution in [0.25, 0.3) is 5.52 Å². The fourth-order valence-electron chi connectivity index (χ4n) is 2.70. The molecule has 0 spiro atoms. The summed E-state index contributed by atoms with van der Waals surface area (Å²) >= 11 is 11.9. The Morgan fingerprint density at radius 3 is 2.43 bits per heavy atom. The number of aromatic hydroxyl groups is 1. The number of carboxylic acid groups (broad SMARTS) is 1. The summed E-state index contributed by atoms with van der Waals surface area (Å²) in [5.74, 6) is -2.86. The highest BCUT2D eigenvalue weighted by atomic mass is 35.5. The van der Waals surface area contributed by atoms with Gasteiger partial charge in [-0.15, -0.1) is 0 Å². The maximum Gasteiger partial charge on any atom is 0.325 e. The summed E-state index contributed by atoms with van der Waals surface area (Å²) in [6, 6.07) is 6.89. The number of rotatable bonds is 5. The molecule has 2 aromatic heterocycles. The van der Waals surface area contributed by atoms with Gasteiger partial charge >= 0.3 is 5.97 Å². The summed E-state index contributed by atoms with van der Waals surface area (Å²) in [7, 11) is 0. The van der Waals surface area contributed by atoms with Crippen LogP contribution in [0, 0.1) is 0 Å². The molecule has 0 aliphatic carbocycles. The molecule has 0 radical (unpaired) electrons. The minimum absolute atomic E-state index is 0.0621. The highest BCUT2D eigenvalue weighted by molar-refractivity contribution is 6.31. The Morgan fingerprint density at radius 1 is 1.18 bits per heavy atom. The first-order chi connectivity index (χ1) is 13.2. The molecule has 8 nitrogen and oxygen atoms in total. The van der Waals surface area contributed by atoms with Crippen LogP contribution >= 0.6 is 23.2 Å². The summed E-state index contributed by atoms with van der Waals surface area (Å²) < 4.78 is 2.55. The summed E-state index contributed by atoms with van der Waals surface area (Å²) in [4.78, 5) is 36.5. The van der Waals surface area contributed by atoms with Crippen molar-refractivity contribution in [1.82, 2.24) is 14.5 Å². The van der Waals surface area contributed by atoms with E-state index in [1.807, 2.05) is 0 Å². The third-order valence-electron chi connectivity index (χ3n) is 4.15. The lowest BCUT2D eigenvalue weighted by Crippen LogP contribution is -2.42. The van der Waals surface area contributed by atoms with E-state index in [0.29, 0.717) is 10.6 Å². The zero-order chi connectivity index (χ0) is 20.6. The first kappa shape index (κ1) is 19.8. The van der Waals surface area contributed by atoms with Crippen molar-refractivity contribution in [3.05, 3.63) is 68.1 Å². The van der Waals surface area contributed by atoms with Gasteiger partial charge in [0.05, 0.1) is 11.6 Å². The molecule has 0 aliphatic heterocycles. The van der Waals surface area contributed by atoms with Gasteiger partial charge in [0, 0.05) is 11.2 Å². The van der Waals surface area contributed by atoms with Gasteiger partial charge in [0.2, 0.25) is 0 Å². The van der Waals surface area contributed by atoms with Crippen molar-refractivity contribution >= 4 is 40.6 Å². The number of hydrogen-bond acceptors (Lipinski definition) is 4. The predicted octanol–water partition coefficient (Wildman–Crippen LogP) is 2.36. The van der Waals surface area contributed by atoms with Gasteiger partial charge in [-0.05, 0) is 30.7 Å². The third kappa shape index (κ3) is 3.69. The quantitative estimate of drug-likeness (QED) is 0.582. The smallest absolute Gasteiger partial charge is 0.325 e. The summed E-state index contributed by atoms with van der Waals surface area (Å²) in [6.45, 7) is 1.31. The topological polar surface area (TPSA) is 113 Å². The second-order valence-corrected chi connectivity index (χ2v) is 7.01. The Morgan fingerprint density at radius 2 is 1.82 bits per heavy atom. The van der Waals surface area contributed by atoms with Crippen molar-refractivity contribution in [3.8, 4) is 5.75 Å². The maximum absolute atomic E-state index is 13.0. The number of benzene rings is 1. The van der Waals surface area contributed by atoms with E-state index in [4.69, 9.17) is 28.3 Å². The zero-order valence-corrected chi connectivity index (χ0v) is 16.0. The summed E-state index contributed by atoms with van der Waals surface area (Å²) in [6.07, 6.45) is 1.43. The van der Waals surface area contributed by atoms with Gasteiger partial charge in [-0.2, -0.15) is 0 Å². The van der Waals surface area contributed by atoms with E-state index in [-0.39, 0.29) is 17.1 Å². The molecule has 3 rings (SSSR count). The molecule has 10 heteroatoms. The molecule has 2 heterocycles. The van der Waals surface area contributed by atoms with E-state index in [2.05, 4.69) is 5.32 Å².